The lowest BCUT2D eigenvalue weighted by Crippen LogP contribution is -2.51. The molecule has 2 aliphatic rings. The minimum Gasteiger partial charge on any atom is -0.393 e. The number of hydrogen-bond acceptors (Lipinski definition) is 5. The quantitative estimate of drug-likeness (QED) is 0.593. The third kappa shape index (κ3) is 5.07. The number of likely N-dealkylation sites (tertiary alicyclic amines) is 2. The fraction of sp³-hybridized carbons (Fsp3) is 0.444. The first-order valence-corrected chi connectivity index (χ1v) is 12.4. The van der Waals surface area contributed by atoms with E-state index < -0.39 is 5.82 Å². The van der Waals surface area contributed by atoms with E-state index in [2.05, 4.69) is 41.3 Å². The maximum absolute atomic E-state index is 14.3. The van der Waals surface area contributed by atoms with Crippen molar-refractivity contribution in [2.24, 2.45) is 0 Å². The standard InChI is InChI=1S/C27H31FN4O3/c1-2-18-7-9-19(10-8-18)20-15-21(17-32(16-20)27(34)31-13-11-22(33)12-14-31)26-29-25(30-35-26)23-5-3-4-6-24(23)28/h3-10,20-22,33H,2,11-17H2,1H3. The molecule has 7 nitrogen and oxygen atoms in total. The zero-order chi connectivity index (χ0) is 24.4. The molecular formula is C27H31FN4O3. The lowest BCUT2D eigenvalue weighted by atomic mass is 9.84. The second kappa shape index (κ2) is 10.2. The highest BCUT2D eigenvalue weighted by Gasteiger charge is 2.37. The van der Waals surface area contributed by atoms with Crippen molar-refractivity contribution in [2.45, 2.75) is 50.5 Å². The number of carbonyl (C=O) groups is 1. The molecule has 3 aromatic rings. The van der Waals surface area contributed by atoms with Crippen LogP contribution in [0.3, 0.4) is 0 Å². The second-order valence-corrected chi connectivity index (χ2v) is 9.57. The van der Waals surface area contributed by atoms with Gasteiger partial charge in [0.25, 0.3) is 0 Å². The van der Waals surface area contributed by atoms with Gasteiger partial charge in [0, 0.05) is 32.1 Å². The number of rotatable bonds is 4. The van der Waals surface area contributed by atoms with Gasteiger partial charge in [-0.15, -0.1) is 0 Å². The van der Waals surface area contributed by atoms with E-state index in [0.29, 0.717) is 50.5 Å². The van der Waals surface area contributed by atoms with Crippen LogP contribution in [-0.4, -0.2) is 63.4 Å². The number of aryl methyl sites for hydroxylation is 1. The van der Waals surface area contributed by atoms with Crippen molar-refractivity contribution < 1.29 is 18.8 Å². The smallest absolute Gasteiger partial charge is 0.320 e. The molecule has 1 N–H and O–H groups in total. The zero-order valence-electron chi connectivity index (χ0n) is 19.9. The van der Waals surface area contributed by atoms with E-state index in [4.69, 9.17) is 4.52 Å². The molecule has 0 radical (unpaired) electrons. The summed E-state index contributed by atoms with van der Waals surface area (Å²) in [6, 6.07) is 14.9. The molecule has 2 atom stereocenters. The predicted octanol–water partition coefficient (Wildman–Crippen LogP) is 4.59. The molecule has 3 heterocycles. The van der Waals surface area contributed by atoms with Gasteiger partial charge in [-0.25, -0.2) is 9.18 Å². The van der Waals surface area contributed by atoms with Gasteiger partial charge in [0.1, 0.15) is 5.82 Å². The van der Waals surface area contributed by atoms with Crippen LogP contribution in [0.2, 0.25) is 0 Å². The number of urea groups is 1. The SMILES string of the molecule is CCc1ccc(C2CC(c3nc(-c4ccccc4F)no3)CN(C(=O)N3CCC(O)CC3)C2)cc1. The molecule has 0 saturated carbocycles. The largest absolute Gasteiger partial charge is 0.393 e. The molecule has 1 aromatic heterocycles. The Morgan fingerprint density at radius 3 is 2.49 bits per heavy atom. The molecule has 8 heteroatoms. The van der Waals surface area contributed by atoms with Crippen molar-refractivity contribution in [3.63, 3.8) is 0 Å². The van der Waals surface area contributed by atoms with E-state index in [9.17, 15) is 14.3 Å². The molecular weight excluding hydrogens is 447 g/mol. The Kier molecular flexibility index (Phi) is 6.81. The first kappa shape index (κ1) is 23.5. The average molecular weight is 479 g/mol. The maximum Gasteiger partial charge on any atom is 0.320 e. The summed E-state index contributed by atoms with van der Waals surface area (Å²) in [7, 11) is 0. The molecule has 35 heavy (non-hydrogen) atoms. The summed E-state index contributed by atoms with van der Waals surface area (Å²) in [6.07, 6.45) is 2.58. The Morgan fingerprint density at radius 1 is 1.06 bits per heavy atom. The third-order valence-electron chi connectivity index (χ3n) is 7.22. The number of nitrogens with zero attached hydrogens (tertiary/aromatic N) is 4. The van der Waals surface area contributed by atoms with E-state index in [-0.39, 0.29) is 29.8 Å². The number of aliphatic hydroxyl groups is 1. The van der Waals surface area contributed by atoms with Crippen LogP contribution < -0.4 is 0 Å². The first-order chi connectivity index (χ1) is 17.0. The number of hydrogen-bond donors (Lipinski definition) is 1. The Hall–Kier alpha value is -3.26. The van der Waals surface area contributed by atoms with Crippen molar-refractivity contribution in [3.8, 4) is 11.4 Å². The summed E-state index contributed by atoms with van der Waals surface area (Å²) < 4.78 is 19.9. The van der Waals surface area contributed by atoms with Crippen molar-refractivity contribution >= 4 is 6.03 Å². The van der Waals surface area contributed by atoms with Crippen LogP contribution in [0.15, 0.2) is 53.1 Å². The van der Waals surface area contributed by atoms with Crippen molar-refractivity contribution in [2.75, 3.05) is 26.2 Å². The fourth-order valence-corrected chi connectivity index (χ4v) is 5.11. The first-order valence-electron chi connectivity index (χ1n) is 12.4. The molecule has 0 spiro atoms. The van der Waals surface area contributed by atoms with Gasteiger partial charge in [-0.05, 0) is 48.9 Å². The molecule has 0 aliphatic carbocycles. The molecule has 2 aliphatic heterocycles. The van der Waals surface area contributed by atoms with Gasteiger partial charge in [0.2, 0.25) is 11.7 Å². The van der Waals surface area contributed by atoms with Crippen molar-refractivity contribution in [3.05, 3.63) is 71.4 Å². The summed E-state index contributed by atoms with van der Waals surface area (Å²) in [5.74, 6) is 0.191. The number of carbonyl (C=O) groups excluding carboxylic acids is 1. The molecule has 184 valence electrons. The number of amides is 2. The van der Waals surface area contributed by atoms with E-state index >= 15 is 0 Å². The minimum absolute atomic E-state index is 0.0226. The van der Waals surface area contributed by atoms with Gasteiger partial charge in [-0.1, -0.05) is 48.5 Å². The van der Waals surface area contributed by atoms with Crippen LogP contribution in [0, 0.1) is 5.82 Å². The second-order valence-electron chi connectivity index (χ2n) is 9.57. The van der Waals surface area contributed by atoms with Gasteiger partial charge in [-0.3, -0.25) is 0 Å². The zero-order valence-corrected chi connectivity index (χ0v) is 19.9. The Labute approximate surface area is 204 Å². The fourth-order valence-electron chi connectivity index (χ4n) is 5.11. The molecule has 2 unspecified atom stereocenters. The molecule has 2 amide bonds. The summed E-state index contributed by atoms with van der Waals surface area (Å²) in [5, 5.41) is 13.9. The lowest BCUT2D eigenvalue weighted by molar-refractivity contribution is 0.0744. The van der Waals surface area contributed by atoms with E-state index in [1.165, 1.54) is 17.2 Å². The molecule has 5 rings (SSSR count). The van der Waals surface area contributed by atoms with Crippen LogP contribution >= 0.6 is 0 Å². The van der Waals surface area contributed by atoms with Crippen LogP contribution in [0.5, 0.6) is 0 Å². The lowest BCUT2D eigenvalue weighted by Gasteiger charge is -2.40. The van der Waals surface area contributed by atoms with E-state index in [0.717, 1.165) is 12.8 Å². The number of piperidine rings is 2. The van der Waals surface area contributed by atoms with Gasteiger partial charge in [0.05, 0.1) is 17.6 Å². The molecule has 2 fully saturated rings. The molecule has 0 bridgehead atoms. The molecule has 2 saturated heterocycles. The predicted molar refractivity (Wildman–Crippen MR) is 129 cm³/mol. The summed E-state index contributed by atoms with van der Waals surface area (Å²) >= 11 is 0. The summed E-state index contributed by atoms with van der Waals surface area (Å²) in [6.45, 7) is 4.29. The van der Waals surface area contributed by atoms with Crippen LogP contribution in [0.25, 0.3) is 11.4 Å². The summed E-state index contributed by atoms with van der Waals surface area (Å²) in [5.41, 5.74) is 2.74. The van der Waals surface area contributed by atoms with E-state index in [1.807, 2.05) is 9.80 Å². The van der Waals surface area contributed by atoms with Crippen LogP contribution in [-0.2, 0) is 6.42 Å². The van der Waals surface area contributed by atoms with Gasteiger partial charge >= 0.3 is 6.03 Å². The van der Waals surface area contributed by atoms with Crippen LogP contribution in [0.4, 0.5) is 9.18 Å². The van der Waals surface area contributed by atoms with Gasteiger partial charge < -0.3 is 19.4 Å². The highest BCUT2D eigenvalue weighted by Crippen LogP contribution is 2.37. The number of aliphatic hydroxyl groups excluding tert-OH is 1. The summed E-state index contributed by atoms with van der Waals surface area (Å²) in [4.78, 5) is 21.7. The average Bonchev–Trinajstić information content (AvgIpc) is 3.39. The van der Waals surface area contributed by atoms with Crippen LogP contribution in [0.1, 0.15) is 55.0 Å². The normalized spacial score (nSPS) is 21.3. The Morgan fingerprint density at radius 2 is 1.77 bits per heavy atom. The number of aromatic nitrogens is 2. The van der Waals surface area contributed by atoms with Gasteiger partial charge in [-0.2, -0.15) is 4.98 Å². The Bertz CT molecular complexity index is 1160. The van der Waals surface area contributed by atoms with Crippen molar-refractivity contribution in [1.82, 2.24) is 19.9 Å². The Balaban J connectivity index is 1.41. The number of halogens is 1. The topological polar surface area (TPSA) is 82.7 Å². The number of benzene rings is 2. The van der Waals surface area contributed by atoms with Crippen molar-refractivity contribution in [1.29, 1.82) is 0 Å². The highest BCUT2D eigenvalue weighted by molar-refractivity contribution is 5.75. The highest BCUT2D eigenvalue weighted by atomic mass is 19.1. The monoisotopic (exact) mass is 478 g/mol. The third-order valence-corrected chi connectivity index (χ3v) is 7.22. The molecule has 2 aromatic carbocycles. The minimum atomic E-state index is -0.401. The van der Waals surface area contributed by atoms with Gasteiger partial charge in [0.15, 0.2) is 0 Å². The van der Waals surface area contributed by atoms with E-state index in [1.54, 1.807) is 18.2 Å². The maximum atomic E-state index is 14.3.